The molecule has 0 spiro atoms. The van der Waals surface area contributed by atoms with Gasteiger partial charge in [-0.1, -0.05) is 0 Å². The fourth-order valence-electron chi connectivity index (χ4n) is 4.75. The third-order valence-electron chi connectivity index (χ3n) is 6.62. The van der Waals surface area contributed by atoms with Crippen LogP contribution in [-0.4, -0.2) is 70.8 Å². The first kappa shape index (κ1) is 20.4. The summed E-state index contributed by atoms with van der Waals surface area (Å²) < 4.78 is 0. The Morgan fingerprint density at radius 2 is 0.923 bits per heavy atom. The summed E-state index contributed by atoms with van der Waals surface area (Å²) in [6.07, 6.45) is 13.2. The first-order valence-electron chi connectivity index (χ1n) is 10.3. The molecule has 1 heterocycles. The molecule has 3 aliphatic rings. The van der Waals surface area contributed by atoms with E-state index in [2.05, 4.69) is 12.5 Å². The Bertz CT molecular complexity index is 434. The van der Waals surface area contributed by atoms with Crippen molar-refractivity contribution < 1.29 is 9.59 Å². The van der Waals surface area contributed by atoms with E-state index in [4.69, 9.17) is 0 Å². The van der Waals surface area contributed by atoms with Crippen LogP contribution in [0.2, 0.25) is 0 Å². The number of thioether (sulfide) groups is 2. The van der Waals surface area contributed by atoms with E-state index in [-0.39, 0.29) is 11.8 Å². The Balaban J connectivity index is 1.42. The van der Waals surface area contributed by atoms with Gasteiger partial charge in [0.15, 0.2) is 0 Å². The van der Waals surface area contributed by atoms with E-state index < -0.39 is 0 Å². The normalized spacial score (nSPS) is 33.2. The van der Waals surface area contributed by atoms with Crippen molar-refractivity contribution in [3.8, 4) is 0 Å². The monoisotopic (exact) mass is 398 g/mol. The van der Waals surface area contributed by atoms with Crippen LogP contribution in [0.5, 0.6) is 0 Å². The minimum absolute atomic E-state index is 0.225. The molecule has 0 aromatic carbocycles. The van der Waals surface area contributed by atoms with Crippen LogP contribution in [0.3, 0.4) is 0 Å². The summed E-state index contributed by atoms with van der Waals surface area (Å²) in [5.74, 6) is 1.14. The van der Waals surface area contributed by atoms with Crippen LogP contribution in [0.4, 0.5) is 0 Å². The first-order valence-corrected chi connectivity index (χ1v) is 12.8. The van der Waals surface area contributed by atoms with Crippen LogP contribution in [0.15, 0.2) is 0 Å². The number of nitrogens with zero attached hydrogens (tertiary/aromatic N) is 2. The van der Waals surface area contributed by atoms with Crippen LogP contribution >= 0.6 is 23.5 Å². The fourth-order valence-corrected chi connectivity index (χ4v) is 6.24. The lowest BCUT2D eigenvalue weighted by molar-refractivity contribution is -0.145. The maximum atomic E-state index is 12.8. The highest BCUT2D eigenvalue weighted by molar-refractivity contribution is 7.99. The average Bonchev–Trinajstić information content (AvgIpc) is 2.73. The van der Waals surface area contributed by atoms with E-state index in [1.165, 1.54) is 25.7 Å². The van der Waals surface area contributed by atoms with Gasteiger partial charge in [-0.3, -0.25) is 9.59 Å². The highest BCUT2D eigenvalue weighted by atomic mass is 32.2. The van der Waals surface area contributed by atoms with Crippen molar-refractivity contribution in [2.75, 3.05) is 38.7 Å². The van der Waals surface area contributed by atoms with Crippen molar-refractivity contribution in [2.24, 2.45) is 11.8 Å². The zero-order chi connectivity index (χ0) is 18.5. The van der Waals surface area contributed by atoms with Gasteiger partial charge in [-0.15, -0.1) is 0 Å². The Hall–Kier alpha value is -0.360. The molecule has 0 bridgehead atoms. The quantitative estimate of drug-likeness (QED) is 0.727. The lowest BCUT2D eigenvalue weighted by Crippen LogP contribution is -2.53. The maximum Gasteiger partial charge on any atom is 0.225 e. The van der Waals surface area contributed by atoms with Crippen molar-refractivity contribution in [1.82, 2.24) is 9.80 Å². The highest BCUT2D eigenvalue weighted by Crippen LogP contribution is 2.33. The van der Waals surface area contributed by atoms with E-state index in [1.807, 2.05) is 33.3 Å². The molecule has 3 fully saturated rings. The standard InChI is InChI=1S/C20H34N2O2S2/c1-25-17-7-3-15(4-8-17)19(23)21-11-13-22(14-12-21)20(24)16-5-9-18(26-2)10-6-16/h15-18H,3-14H2,1-2H3. The van der Waals surface area contributed by atoms with Gasteiger partial charge in [0.2, 0.25) is 11.8 Å². The van der Waals surface area contributed by atoms with E-state index >= 15 is 0 Å². The lowest BCUT2D eigenvalue weighted by Gasteiger charge is -2.39. The molecular formula is C20H34N2O2S2. The third-order valence-corrected chi connectivity index (χ3v) is 8.89. The van der Waals surface area contributed by atoms with Gasteiger partial charge in [0.1, 0.15) is 0 Å². The summed E-state index contributed by atoms with van der Waals surface area (Å²) in [5.41, 5.74) is 0. The van der Waals surface area contributed by atoms with E-state index in [1.54, 1.807) is 0 Å². The first-order chi connectivity index (χ1) is 12.6. The van der Waals surface area contributed by atoms with Crippen molar-refractivity contribution in [1.29, 1.82) is 0 Å². The average molecular weight is 399 g/mol. The zero-order valence-corrected chi connectivity index (χ0v) is 18.0. The molecule has 6 heteroatoms. The van der Waals surface area contributed by atoms with E-state index in [0.717, 1.165) is 62.4 Å². The number of hydrogen-bond acceptors (Lipinski definition) is 4. The second-order valence-electron chi connectivity index (χ2n) is 8.07. The van der Waals surface area contributed by atoms with Crippen molar-refractivity contribution in [2.45, 2.75) is 61.9 Å². The topological polar surface area (TPSA) is 40.6 Å². The molecule has 0 radical (unpaired) electrons. The highest BCUT2D eigenvalue weighted by Gasteiger charge is 2.34. The van der Waals surface area contributed by atoms with Crippen LogP contribution < -0.4 is 0 Å². The SMILES string of the molecule is CSC1CCC(C(=O)N2CCN(C(=O)C3CCC(SC)CC3)CC2)CC1. The summed E-state index contributed by atoms with van der Waals surface area (Å²) in [4.78, 5) is 29.7. The van der Waals surface area contributed by atoms with Crippen molar-refractivity contribution >= 4 is 35.3 Å². The van der Waals surface area contributed by atoms with E-state index in [9.17, 15) is 9.59 Å². The number of hydrogen-bond donors (Lipinski definition) is 0. The van der Waals surface area contributed by atoms with E-state index in [0.29, 0.717) is 11.8 Å². The molecule has 0 N–H and O–H groups in total. The molecule has 2 aliphatic carbocycles. The predicted molar refractivity (Wildman–Crippen MR) is 112 cm³/mol. The molecule has 0 unspecified atom stereocenters. The largest absolute Gasteiger partial charge is 0.339 e. The number of carbonyl (C=O) groups is 2. The summed E-state index contributed by atoms with van der Waals surface area (Å²) in [6, 6.07) is 0. The molecule has 4 nitrogen and oxygen atoms in total. The van der Waals surface area contributed by atoms with Gasteiger partial charge < -0.3 is 9.80 Å². The van der Waals surface area contributed by atoms with Crippen LogP contribution in [0.1, 0.15) is 51.4 Å². The van der Waals surface area contributed by atoms with Crippen LogP contribution in [0.25, 0.3) is 0 Å². The number of carbonyl (C=O) groups excluding carboxylic acids is 2. The van der Waals surface area contributed by atoms with Crippen molar-refractivity contribution in [3.05, 3.63) is 0 Å². The number of piperazine rings is 1. The van der Waals surface area contributed by atoms with Crippen molar-refractivity contribution in [3.63, 3.8) is 0 Å². The minimum Gasteiger partial charge on any atom is -0.339 e. The summed E-state index contributed by atoms with van der Waals surface area (Å²) in [7, 11) is 0. The smallest absolute Gasteiger partial charge is 0.225 e. The van der Waals surface area contributed by atoms with Gasteiger partial charge >= 0.3 is 0 Å². The Morgan fingerprint density at radius 3 is 1.19 bits per heavy atom. The second kappa shape index (κ2) is 9.72. The molecule has 1 saturated heterocycles. The van der Waals surface area contributed by atoms with Gasteiger partial charge in [0.05, 0.1) is 0 Å². The van der Waals surface area contributed by atoms with Gasteiger partial charge in [0.25, 0.3) is 0 Å². The molecule has 26 heavy (non-hydrogen) atoms. The number of amides is 2. The minimum atomic E-state index is 0.225. The summed E-state index contributed by atoms with van der Waals surface area (Å²) in [5, 5.41) is 1.49. The summed E-state index contributed by atoms with van der Waals surface area (Å²) in [6.45, 7) is 2.92. The summed E-state index contributed by atoms with van der Waals surface area (Å²) >= 11 is 3.89. The van der Waals surface area contributed by atoms with Gasteiger partial charge in [-0.05, 0) is 63.9 Å². The number of rotatable bonds is 4. The van der Waals surface area contributed by atoms with Gasteiger partial charge in [-0.25, -0.2) is 0 Å². The molecule has 1 aliphatic heterocycles. The molecule has 148 valence electrons. The fraction of sp³-hybridized carbons (Fsp3) is 0.900. The van der Waals surface area contributed by atoms with Gasteiger partial charge in [-0.2, -0.15) is 23.5 Å². The van der Waals surface area contributed by atoms with Crippen LogP contribution in [0, 0.1) is 11.8 Å². The second-order valence-corrected chi connectivity index (χ2v) is 10.3. The molecule has 2 saturated carbocycles. The molecule has 0 atom stereocenters. The molecule has 0 aromatic heterocycles. The van der Waals surface area contributed by atoms with Gasteiger partial charge in [0, 0.05) is 48.5 Å². The zero-order valence-electron chi connectivity index (χ0n) is 16.3. The lowest BCUT2D eigenvalue weighted by atomic mass is 9.87. The molecule has 2 amide bonds. The van der Waals surface area contributed by atoms with Crippen LogP contribution in [-0.2, 0) is 9.59 Å². The third kappa shape index (κ3) is 4.92. The molecular weight excluding hydrogens is 364 g/mol. The Morgan fingerprint density at radius 1 is 0.615 bits per heavy atom. The molecule has 0 aromatic rings. The predicted octanol–water partition coefficient (Wildman–Crippen LogP) is 3.50. The Kier molecular flexibility index (Phi) is 7.62. The maximum absolute atomic E-state index is 12.8. The molecule has 3 rings (SSSR count). The Labute approximate surface area is 167 Å².